The standard InChI is InChI=1S/C33H49N3O7S2/c1-23-20-36(24(2)22-37)33(39)28-19-27(34-45(40,41)31-14-10-18-44-31)15-16-29(28)43-25(3)11-8-9-17-42-30(23)21-35(4)32(38)26-12-6-5-7-13-26/h10,14-16,18-19,23-26,30,34,37H,5-9,11-13,17,20-22H2,1-4H3/t23-,24-,25+,30+/m0/s1. The van der Waals surface area contributed by atoms with Gasteiger partial charge in [0.25, 0.3) is 15.9 Å². The van der Waals surface area contributed by atoms with Gasteiger partial charge in [0.2, 0.25) is 5.91 Å². The molecule has 1 aromatic carbocycles. The number of likely N-dealkylation sites (N-methyl/N-ethyl adjacent to an activating group) is 1. The molecule has 0 saturated heterocycles. The van der Waals surface area contributed by atoms with E-state index in [0.717, 1.165) is 56.3 Å². The van der Waals surface area contributed by atoms with Gasteiger partial charge in [-0.1, -0.05) is 32.3 Å². The maximum Gasteiger partial charge on any atom is 0.271 e. The number of hydrogen-bond donors (Lipinski definition) is 2. The van der Waals surface area contributed by atoms with E-state index in [-0.39, 0.29) is 64.5 Å². The topological polar surface area (TPSA) is 125 Å². The summed E-state index contributed by atoms with van der Waals surface area (Å²) in [6, 6.07) is 7.38. The summed E-state index contributed by atoms with van der Waals surface area (Å²) in [5, 5.41) is 11.9. The van der Waals surface area contributed by atoms with Crippen LogP contribution in [0.1, 0.15) is 82.5 Å². The predicted molar refractivity (Wildman–Crippen MR) is 176 cm³/mol. The molecule has 4 rings (SSSR count). The molecule has 1 saturated carbocycles. The minimum atomic E-state index is -3.84. The van der Waals surface area contributed by atoms with Crippen molar-refractivity contribution in [3.8, 4) is 5.75 Å². The predicted octanol–water partition coefficient (Wildman–Crippen LogP) is 5.38. The lowest BCUT2D eigenvalue weighted by Crippen LogP contribution is -2.48. The fraction of sp³-hybridized carbons (Fsp3) is 0.636. The summed E-state index contributed by atoms with van der Waals surface area (Å²) in [5.41, 5.74) is 0.446. The zero-order valence-electron chi connectivity index (χ0n) is 26.9. The molecule has 2 heterocycles. The molecule has 0 bridgehead atoms. The minimum Gasteiger partial charge on any atom is -0.490 e. The van der Waals surface area contributed by atoms with E-state index in [9.17, 15) is 23.1 Å². The molecule has 2 aromatic rings. The van der Waals surface area contributed by atoms with E-state index >= 15 is 0 Å². The van der Waals surface area contributed by atoms with Crippen LogP contribution < -0.4 is 9.46 Å². The molecule has 10 nitrogen and oxygen atoms in total. The summed E-state index contributed by atoms with van der Waals surface area (Å²) in [7, 11) is -2.00. The number of carbonyl (C=O) groups is 2. The Labute approximate surface area is 272 Å². The highest BCUT2D eigenvalue weighted by atomic mass is 32.2. The lowest BCUT2D eigenvalue weighted by atomic mass is 9.88. The van der Waals surface area contributed by atoms with Gasteiger partial charge in [-0.3, -0.25) is 14.3 Å². The average Bonchev–Trinajstić information content (AvgIpc) is 3.59. The largest absolute Gasteiger partial charge is 0.490 e. The number of fused-ring (bicyclic) bond motifs is 1. The Morgan fingerprint density at radius 1 is 1.13 bits per heavy atom. The molecular formula is C33H49N3O7S2. The third kappa shape index (κ3) is 9.43. The summed E-state index contributed by atoms with van der Waals surface area (Å²) >= 11 is 1.10. The lowest BCUT2D eigenvalue weighted by Gasteiger charge is -2.36. The van der Waals surface area contributed by atoms with Crippen LogP contribution in [0.2, 0.25) is 0 Å². The van der Waals surface area contributed by atoms with Gasteiger partial charge in [0.15, 0.2) is 0 Å². The minimum absolute atomic E-state index is 0.0504. The molecule has 12 heteroatoms. The summed E-state index contributed by atoms with van der Waals surface area (Å²) in [6.07, 6.45) is 7.08. The highest BCUT2D eigenvalue weighted by Crippen LogP contribution is 2.30. The number of nitrogens with zero attached hydrogens (tertiary/aromatic N) is 2. The van der Waals surface area contributed by atoms with Crippen LogP contribution in [0.15, 0.2) is 39.9 Å². The SMILES string of the molecule is C[C@@H]1CCCCO[C@H](CN(C)C(=O)C2CCCCC2)[C@@H](C)CN([C@@H](C)CO)C(=O)c2cc(NS(=O)(=O)c3cccs3)ccc2O1. The summed E-state index contributed by atoms with van der Waals surface area (Å²) in [6.45, 7) is 6.66. The van der Waals surface area contributed by atoms with Gasteiger partial charge >= 0.3 is 0 Å². The third-order valence-electron chi connectivity index (χ3n) is 8.85. The van der Waals surface area contributed by atoms with Crippen LogP contribution in [0.4, 0.5) is 5.69 Å². The monoisotopic (exact) mass is 663 g/mol. The Bertz CT molecular complexity index is 1360. The Hall–Kier alpha value is -2.67. The van der Waals surface area contributed by atoms with Crippen LogP contribution in [-0.2, 0) is 19.6 Å². The number of benzene rings is 1. The quantitative estimate of drug-likeness (QED) is 0.388. The molecule has 1 fully saturated rings. The van der Waals surface area contributed by atoms with Crippen LogP contribution in [-0.4, -0.2) is 86.7 Å². The van der Waals surface area contributed by atoms with Gasteiger partial charge in [0.05, 0.1) is 30.4 Å². The summed E-state index contributed by atoms with van der Waals surface area (Å²) in [4.78, 5) is 31.0. The van der Waals surface area contributed by atoms with E-state index in [0.29, 0.717) is 18.9 Å². The molecule has 2 N–H and O–H groups in total. The number of thiophene rings is 1. The van der Waals surface area contributed by atoms with Crippen molar-refractivity contribution in [2.75, 3.05) is 38.1 Å². The molecule has 2 amide bonds. The Morgan fingerprint density at radius 2 is 1.87 bits per heavy atom. The van der Waals surface area contributed by atoms with Crippen molar-refractivity contribution < 1.29 is 32.6 Å². The maximum atomic E-state index is 14.3. The van der Waals surface area contributed by atoms with Gasteiger partial charge < -0.3 is 24.4 Å². The number of carbonyl (C=O) groups excluding carboxylic acids is 2. The zero-order chi connectivity index (χ0) is 32.6. The Balaban J connectivity index is 1.63. The van der Waals surface area contributed by atoms with E-state index in [1.54, 1.807) is 40.3 Å². The zero-order valence-corrected chi connectivity index (χ0v) is 28.6. The number of aliphatic hydroxyl groups excluding tert-OH is 1. The number of nitrogens with one attached hydrogen (secondary N) is 1. The average molecular weight is 664 g/mol. The second-order valence-corrected chi connectivity index (χ2v) is 15.5. The fourth-order valence-electron chi connectivity index (χ4n) is 6.09. The number of hydrogen-bond acceptors (Lipinski definition) is 8. The van der Waals surface area contributed by atoms with E-state index in [1.807, 2.05) is 20.9 Å². The third-order valence-corrected chi connectivity index (χ3v) is 11.6. The molecule has 4 atom stereocenters. The maximum absolute atomic E-state index is 14.3. The first kappa shape index (κ1) is 35.2. The molecule has 1 aromatic heterocycles. The van der Waals surface area contributed by atoms with E-state index < -0.39 is 16.1 Å². The first-order valence-corrected chi connectivity index (χ1v) is 18.5. The molecule has 2 aliphatic rings. The number of amides is 2. The summed E-state index contributed by atoms with van der Waals surface area (Å²) < 4.78 is 41.4. The van der Waals surface area contributed by atoms with Crippen LogP contribution >= 0.6 is 11.3 Å². The van der Waals surface area contributed by atoms with Gasteiger partial charge in [-0.15, -0.1) is 11.3 Å². The van der Waals surface area contributed by atoms with Gasteiger partial charge in [0.1, 0.15) is 9.96 Å². The molecule has 0 spiro atoms. The highest BCUT2D eigenvalue weighted by Gasteiger charge is 2.32. The first-order chi connectivity index (χ1) is 21.5. The van der Waals surface area contributed by atoms with E-state index in [1.165, 1.54) is 18.6 Å². The van der Waals surface area contributed by atoms with Crippen molar-refractivity contribution in [2.45, 2.75) is 94.6 Å². The van der Waals surface area contributed by atoms with Crippen molar-refractivity contribution in [2.24, 2.45) is 11.8 Å². The molecule has 250 valence electrons. The van der Waals surface area contributed by atoms with Crippen molar-refractivity contribution in [1.29, 1.82) is 0 Å². The second-order valence-electron chi connectivity index (χ2n) is 12.6. The van der Waals surface area contributed by atoms with Gasteiger partial charge in [-0.25, -0.2) is 8.42 Å². The first-order valence-electron chi connectivity index (χ1n) is 16.2. The Kier molecular flexibility index (Phi) is 12.7. The molecular weight excluding hydrogens is 615 g/mol. The normalized spacial score (nSPS) is 23.4. The van der Waals surface area contributed by atoms with Gasteiger partial charge in [-0.05, 0) is 75.6 Å². The van der Waals surface area contributed by atoms with Crippen LogP contribution in [0.5, 0.6) is 5.75 Å². The molecule has 1 aliphatic carbocycles. The fourth-order valence-corrected chi connectivity index (χ4v) is 8.13. The van der Waals surface area contributed by atoms with E-state index in [4.69, 9.17) is 9.47 Å². The summed E-state index contributed by atoms with van der Waals surface area (Å²) in [5.74, 6) is 0.00651. The number of aliphatic hydroxyl groups is 1. The van der Waals surface area contributed by atoms with Gasteiger partial charge in [-0.2, -0.15) is 0 Å². The Morgan fingerprint density at radius 3 is 2.56 bits per heavy atom. The highest BCUT2D eigenvalue weighted by molar-refractivity contribution is 7.94. The number of rotatable bonds is 8. The smallest absolute Gasteiger partial charge is 0.271 e. The van der Waals surface area contributed by atoms with Crippen LogP contribution in [0.25, 0.3) is 0 Å². The number of anilines is 1. The molecule has 0 unspecified atom stereocenters. The van der Waals surface area contributed by atoms with Crippen LogP contribution in [0, 0.1) is 11.8 Å². The molecule has 45 heavy (non-hydrogen) atoms. The van der Waals surface area contributed by atoms with E-state index in [2.05, 4.69) is 4.72 Å². The lowest BCUT2D eigenvalue weighted by molar-refractivity contribution is -0.137. The number of sulfonamides is 1. The van der Waals surface area contributed by atoms with Gasteiger partial charge in [0, 0.05) is 44.3 Å². The number of ether oxygens (including phenoxy) is 2. The molecule has 0 radical (unpaired) electrons. The second kappa shape index (κ2) is 16.2. The molecule has 1 aliphatic heterocycles. The van der Waals surface area contributed by atoms with Crippen molar-refractivity contribution >= 4 is 38.9 Å². The van der Waals surface area contributed by atoms with Crippen molar-refractivity contribution in [1.82, 2.24) is 9.80 Å². The van der Waals surface area contributed by atoms with Crippen LogP contribution in [0.3, 0.4) is 0 Å². The van der Waals surface area contributed by atoms with Crippen molar-refractivity contribution in [3.63, 3.8) is 0 Å². The van der Waals surface area contributed by atoms with Crippen molar-refractivity contribution in [3.05, 3.63) is 41.3 Å².